The zero-order valence-electron chi connectivity index (χ0n) is 14.6. The number of aromatic nitrogens is 2. The van der Waals surface area contributed by atoms with Crippen molar-refractivity contribution >= 4 is 11.8 Å². The molecule has 1 saturated carbocycles. The van der Waals surface area contributed by atoms with Crippen LogP contribution in [0.2, 0.25) is 0 Å². The molecule has 1 N–H and O–H groups in total. The summed E-state index contributed by atoms with van der Waals surface area (Å²) in [4.78, 5) is 11.9. The minimum atomic E-state index is 0.452. The molecule has 1 aromatic heterocycles. The normalized spacial score (nSPS) is 20.9. The molecule has 0 unspecified atom stereocenters. The molecule has 0 spiro atoms. The molecule has 2 aromatic rings. The van der Waals surface area contributed by atoms with Gasteiger partial charge in [0.1, 0.15) is 5.82 Å². The van der Waals surface area contributed by atoms with Gasteiger partial charge in [-0.05, 0) is 44.2 Å². The van der Waals surface area contributed by atoms with E-state index in [0.29, 0.717) is 12.1 Å². The number of nitrogens with zero attached hydrogens (tertiary/aromatic N) is 3. The average Bonchev–Trinajstić information content (AvgIpc) is 3.06. The van der Waals surface area contributed by atoms with E-state index >= 15 is 0 Å². The van der Waals surface area contributed by atoms with Gasteiger partial charge in [0.2, 0.25) is 5.95 Å². The van der Waals surface area contributed by atoms with Crippen molar-refractivity contribution in [2.75, 3.05) is 10.2 Å². The van der Waals surface area contributed by atoms with Crippen LogP contribution in [-0.4, -0.2) is 22.1 Å². The van der Waals surface area contributed by atoms with Gasteiger partial charge in [0.15, 0.2) is 0 Å². The van der Waals surface area contributed by atoms with Gasteiger partial charge in [0.25, 0.3) is 0 Å². The highest BCUT2D eigenvalue weighted by Crippen LogP contribution is 2.28. The van der Waals surface area contributed by atoms with Gasteiger partial charge < -0.3 is 10.2 Å². The highest BCUT2D eigenvalue weighted by atomic mass is 15.3. The third-order valence-electron chi connectivity index (χ3n) is 5.33. The molecular formula is C20H26N4. The van der Waals surface area contributed by atoms with E-state index in [4.69, 9.17) is 4.98 Å². The first-order valence-electron chi connectivity index (χ1n) is 9.15. The Labute approximate surface area is 144 Å². The number of rotatable bonds is 3. The van der Waals surface area contributed by atoms with E-state index < -0.39 is 0 Å². The molecule has 126 valence electrons. The average molecular weight is 322 g/mol. The van der Waals surface area contributed by atoms with Crippen LogP contribution in [0.15, 0.2) is 30.3 Å². The number of nitrogens with one attached hydrogen (secondary N) is 1. The number of anilines is 2. The summed E-state index contributed by atoms with van der Waals surface area (Å²) >= 11 is 0. The third-order valence-corrected chi connectivity index (χ3v) is 5.33. The first kappa shape index (κ1) is 15.4. The summed E-state index contributed by atoms with van der Waals surface area (Å²) in [5, 5.41) is 3.55. The van der Waals surface area contributed by atoms with Gasteiger partial charge in [-0.2, -0.15) is 4.98 Å². The molecule has 0 saturated heterocycles. The lowest BCUT2D eigenvalue weighted by Crippen LogP contribution is -2.39. The van der Waals surface area contributed by atoms with Crippen molar-refractivity contribution in [1.82, 2.24) is 9.97 Å². The molecule has 1 aliphatic heterocycles. The molecule has 2 aliphatic rings. The molecule has 4 rings (SSSR count). The highest BCUT2D eigenvalue weighted by Gasteiger charge is 2.24. The number of aryl methyl sites for hydroxylation is 1. The molecule has 1 fully saturated rings. The molecule has 4 heteroatoms. The molecule has 24 heavy (non-hydrogen) atoms. The lowest BCUT2D eigenvalue weighted by molar-refractivity contribution is 0.586. The summed E-state index contributed by atoms with van der Waals surface area (Å²) in [5.41, 5.74) is 3.92. The Hall–Kier alpha value is -2.10. The van der Waals surface area contributed by atoms with Crippen molar-refractivity contribution in [3.63, 3.8) is 0 Å². The van der Waals surface area contributed by atoms with Crippen molar-refractivity contribution < 1.29 is 0 Å². The number of benzene rings is 1. The van der Waals surface area contributed by atoms with Gasteiger partial charge >= 0.3 is 0 Å². The van der Waals surface area contributed by atoms with Crippen molar-refractivity contribution in [3.8, 4) is 0 Å². The second kappa shape index (κ2) is 6.42. The Morgan fingerprint density at radius 3 is 2.62 bits per heavy atom. The molecule has 1 aromatic carbocycles. The highest BCUT2D eigenvalue weighted by molar-refractivity contribution is 5.49. The molecular weight excluding hydrogens is 296 g/mol. The van der Waals surface area contributed by atoms with Crippen LogP contribution in [0.25, 0.3) is 0 Å². The Kier molecular flexibility index (Phi) is 4.13. The first-order valence-corrected chi connectivity index (χ1v) is 9.15. The maximum atomic E-state index is 4.85. The van der Waals surface area contributed by atoms with Crippen LogP contribution >= 0.6 is 0 Å². The lowest BCUT2D eigenvalue weighted by Gasteiger charge is -2.36. The van der Waals surface area contributed by atoms with Crippen LogP contribution < -0.4 is 10.2 Å². The second-order valence-electron chi connectivity index (χ2n) is 7.27. The Morgan fingerprint density at radius 1 is 1.08 bits per heavy atom. The SMILES string of the molecule is Cc1cc(N2Cc3ccccc3C[C@@H]2C)nc(NC2CCCC2)n1. The van der Waals surface area contributed by atoms with E-state index in [1.165, 1.54) is 36.8 Å². The summed E-state index contributed by atoms with van der Waals surface area (Å²) in [5.74, 6) is 1.84. The minimum Gasteiger partial charge on any atom is -0.351 e. The fraction of sp³-hybridized carbons (Fsp3) is 0.500. The number of hydrogen-bond donors (Lipinski definition) is 1. The molecule has 1 aliphatic carbocycles. The summed E-state index contributed by atoms with van der Waals surface area (Å²) < 4.78 is 0. The maximum absolute atomic E-state index is 4.85. The van der Waals surface area contributed by atoms with Gasteiger partial charge in [-0.25, -0.2) is 4.98 Å². The number of hydrogen-bond acceptors (Lipinski definition) is 4. The predicted octanol–water partition coefficient (Wildman–Crippen LogP) is 4.09. The molecule has 2 heterocycles. The Balaban J connectivity index is 1.60. The van der Waals surface area contributed by atoms with Crippen LogP contribution in [0.1, 0.15) is 49.4 Å². The van der Waals surface area contributed by atoms with Crippen LogP contribution in [0, 0.1) is 6.92 Å². The van der Waals surface area contributed by atoms with Gasteiger partial charge in [-0.3, -0.25) is 0 Å². The molecule has 0 radical (unpaired) electrons. The molecule has 0 amide bonds. The summed E-state index contributed by atoms with van der Waals surface area (Å²) in [6, 6.07) is 11.9. The third kappa shape index (κ3) is 3.10. The lowest BCUT2D eigenvalue weighted by atomic mass is 9.95. The summed E-state index contributed by atoms with van der Waals surface area (Å²) in [6.45, 7) is 5.28. The van der Waals surface area contributed by atoms with Crippen LogP contribution in [0.4, 0.5) is 11.8 Å². The molecule has 0 bridgehead atoms. The van der Waals surface area contributed by atoms with Crippen LogP contribution in [0.3, 0.4) is 0 Å². The van der Waals surface area contributed by atoms with Gasteiger partial charge in [0.05, 0.1) is 0 Å². The Bertz CT molecular complexity index is 721. The quantitative estimate of drug-likeness (QED) is 0.924. The van der Waals surface area contributed by atoms with E-state index in [2.05, 4.69) is 59.4 Å². The predicted molar refractivity (Wildman–Crippen MR) is 98.4 cm³/mol. The van der Waals surface area contributed by atoms with Gasteiger partial charge in [0, 0.05) is 30.4 Å². The second-order valence-corrected chi connectivity index (χ2v) is 7.27. The fourth-order valence-electron chi connectivity index (χ4n) is 4.00. The van der Waals surface area contributed by atoms with E-state index in [9.17, 15) is 0 Å². The largest absolute Gasteiger partial charge is 0.351 e. The van der Waals surface area contributed by atoms with E-state index in [1.54, 1.807) is 0 Å². The van der Waals surface area contributed by atoms with Crippen molar-refractivity contribution in [3.05, 3.63) is 47.2 Å². The zero-order chi connectivity index (χ0) is 16.5. The van der Waals surface area contributed by atoms with Gasteiger partial charge in [-0.1, -0.05) is 37.1 Å². The monoisotopic (exact) mass is 322 g/mol. The Morgan fingerprint density at radius 2 is 1.83 bits per heavy atom. The van der Waals surface area contributed by atoms with E-state index in [1.807, 2.05) is 0 Å². The van der Waals surface area contributed by atoms with E-state index in [0.717, 1.165) is 30.4 Å². The topological polar surface area (TPSA) is 41.1 Å². The maximum Gasteiger partial charge on any atom is 0.225 e. The van der Waals surface area contributed by atoms with Crippen molar-refractivity contribution in [1.29, 1.82) is 0 Å². The molecule has 1 atom stereocenters. The van der Waals surface area contributed by atoms with Crippen molar-refractivity contribution in [2.45, 2.75) is 64.6 Å². The first-order chi connectivity index (χ1) is 11.7. The minimum absolute atomic E-state index is 0.452. The van der Waals surface area contributed by atoms with Crippen LogP contribution in [0.5, 0.6) is 0 Å². The standard InChI is InChI=1S/C20H26N4/c1-14-11-19(23-20(21-14)22-18-9-5-6-10-18)24-13-17-8-4-3-7-16(17)12-15(24)2/h3-4,7-8,11,15,18H,5-6,9-10,12-13H2,1-2H3,(H,21,22,23)/t15-/m0/s1. The van der Waals surface area contributed by atoms with Gasteiger partial charge in [-0.15, -0.1) is 0 Å². The summed E-state index contributed by atoms with van der Waals surface area (Å²) in [7, 11) is 0. The smallest absolute Gasteiger partial charge is 0.225 e. The zero-order valence-corrected chi connectivity index (χ0v) is 14.6. The summed E-state index contributed by atoms with van der Waals surface area (Å²) in [6.07, 6.45) is 6.18. The molecule has 4 nitrogen and oxygen atoms in total. The van der Waals surface area contributed by atoms with Crippen molar-refractivity contribution in [2.24, 2.45) is 0 Å². The van der Waals surface area contributed by atoms with E-state index in [-0.39, 0.29) is 0 Å². The van der Waals surface area contributed by atoms with Crippen LogP contribution in [-0.2, 0) is 13.0 Å². The number of fused-ring (bicyclic) bond motifs is 1. The fourth-order valence-corrected chi connectivity index (χ4v) is 4.00.